The predicted molar refractivity (Wildman–Crippen MR) is 57.3 cm³/mol. The molecule has 0 aliphatic carbocycles. The Hall–Kier alpha value is -0.900. The van der Waals surface area contributed by atoms with Gasteiger partial charge in [-0.15, -0.1) is 0 Å². The van der Waals surface area contributed by atoms with Crippen LogP contribution in [0.15, 0.2) is 12.4 Å². The van der Waals surface area contributed by atoms with E-state index in [-0.39, 0.29) is 5.92 Å². The highest BCUT2D eigenvalue weighted by atomic mass is 19.1. The van der Waals surface area contributed by atoms with Gasteiger partial charge in [-0.25, -0.2) is 9.37 Å². The Balaban J connectivity index is 2.08. The maximum Gasteiger partial charge on any atom is 0.161 e. The van der Waals surface area contributed by atoms with Crippen molar-refractivity contribution < 1.29 is 4.39 Å². The summed E-state index contributed by atoms with van der Waals surface area (Å²) in [5.41, 5.74) is 0. The molecule has 1 saturated heterocycles. The fourth-order valence-corrected chi connectivity index (χ4v) is 2.19. The molecule has 2 heterocycles. The van der Waals surface area contributed by atoms with Gasteiger partial charge in [-0.1, -0.05) is 0 Å². The zero-order valence-corrected chi connectivity index (χ0v) is 9.12. The second-order valence-corrected chi connectivity index (χ2v) is 4.06. The van der Waals surface area contributed by atoms with E-state index in [4.69, 9.17) is 0 Å². The molecule has 1 aromatic heterocycles. The van der Waals surface area contributed by atoms with Crippen molar-refractivity contribution in [3.63, 3.8) is 0 Å². The second-order valence-electron chi connectivity index (χ2n) is 4.06. The number of hydrogen-bond donors (Lipinski definition) is 1. The van der Waals surface area contributed by atoms with Crippen molar-refractivity contribution >= 4 is 0 Å². The number of piperidine rings is 1. The van der Waals surface area contributed by atoms with Crippen LogP contribution in [0, 0.1) is 5.92 Å². The average molecular weight is 211 g/mol. The van der Waals surface area contributed by atoms with Gasteiger partial charge in [0.25, 0.3) is 0 Å². The van der Waals surface area contributed by atoms with Crippen LogP contribution in [0.1, 0.15) is 31.8 Å². The van der Waals surface area contributed by atoms with Crippen molar-refractivity contribution in [2.45, 2.75) is 32.5 Å². The van der Waals surface area contributed by atoms with Gasteiger partial charge in [-0.05, 0) is 38.8 Å². The Labute approximate surface area is 89.7 Å². The Bertz CT molecular complexity index is 305. The lowest BCUT2D eigenvalue weighted by molar-refractivity contribution is 0.177. The van der Waals surface area contributed by atoms with Crippen LogP contribution in [0.3, 0.4) is 0 Å². The number of aromatic nitrogens is 2. The minimum absolute atomic E-state index is 0.138. The number of imidazole rings is 1. The molecule has 1 aliphatic heterocycles. The third-order valence-corrected chi connectivity index (χ3v) is 3.13. The molecule has 3 nitrogen and oxygen atoms in total. The van der Waals surface area contributed by atoms with E-state index < -0.39 is 6.17 Å². The van der Waals surface area contributed by atoms with Crippen LogP contribution >= 0.6 is 0 Å². The van der Waals surface area contributed by atoms with Crippen molar-refractivity contribution in [1.82, 2.24) is 14.9 Å². The Kier molecular flexibility index (Phi) is 3.36. The molecular formula is C11H18FN3. The molecule has 0 bridgehead atoms. The van der Waals surface area contributed by atoms with Crippen LogP contribution < -0.4 is 5.32 Å². The molecule has 0 amide bonds. The third-order valence-electron chi connectivity index (χ3n) is 3.13. The minimum Gasteiger partial charge on any atom is -0.333 e. The quantitative estimate of drug-likeness (QED) is 0.827. The average Bonchev–Trinajstić information content (AvgIpc) is 2.77. The highest BCUT2D eigenvalue weighted by Crippen LogP contribution is 2.31. The first-order valence-electron chi connectivity index (χ1n) is 5.68. The SMILES string of the molecule is CCn1ccnc1C(F)C1CCNCC1. The molecule has 2 rings (SSSR count). The van der Waals surface area contributed by atoms with E-state index in [9.17, 15) is 4.39 Å². The molecule has 1 atom stereocenters. The van der Waals surface area contributed by atoms with Gasteiger partial charge in [-0.2, -0.15) is 0 Å². The fraction of sp³-hybridized carbons (Fsp3) is 0.727. The van der Waals surface area contributed by atoms with Gasteiger partial charge in [0.2, 0.25) is 0 Å². The molecular weight excluding hydrogens is 193 g/mol. The highest BCUT2D eigenvalue weighted by Gasteiger charge is 2.27. The Morgan fingerprint density at radius 3 is 3.00 bits per heavy atom. The lowest BCUT2D eigenvalue weighted by Gasteiger charge is -2.25. The van der Waals surface area contributed by atoms with Crippen molar-refractivity contribution in [2.75, 3.05) is 13.1 Å². The summed E-state index contributed by atoms with van der Waals surface area (Å²) in [4.78, 5) is 4.13. The molecule has 1 fully saturated rings. The smallest absolute Gasteiger partial charge is 0.161 e. The van der Waals surface area contributed by atoms with Crippen LogP contribution in [-0.2, 0) is 6.54 Å². The first-order chi connectivity index (χ1) is 7.33. The summed E-state index contributed by atoms with van der Waals surface area (Å²) < 4.78 is 16.1. The number of halogens is 1. The predicted octanol–water partition coefficient (Wildman–Crippen LogP) is 1.91. The molecule has 4 heteroatoms. The second kappa shape index (κ2) is 4.75. The van der Waals surface area contributed by atoms with Crippen molar-refractivity contribution in [2.24, 2.45) is 5.92 Å². The van der Waals surface area contributed by atoms with Crippen LogP contribution in [0.25, 0.3) is 0 Å². The largest absolute Gasteiger partial charge is 0.333 e. The van der Waals surface area contributed by atoms with Crippen LogP contribution in [0.2, 0.25) is 0 Å². The van der Waals surface area contributed by atoms with Gasteiger partial charge in [-0.3, -0.25) is 0 Å². The molecule has 0 spiro atoms. The maximum absolute atomic E-state index is 14.2. The third kappa shape index (κ3) is 2.20. The van der Waals surface area contributed by atoms with Crippen molar-refractivity contribution in [3.05, 3.63) is 18.2 Å². The molecule has 0 radical (unpaired) electrons. The minimum atomic E-state index is -0.901. The molecule has 1 unspecified atom stereocenters. The van der Waals surface area contributed by atoms with Gasteiger partial charge in [0.15, 0.2) is 6.17 Å². The van der Waals surface area contributed by atoms with E-state index in [1.54, 1.807) is 6.20 Å². The molecule has 0 saturated carbocycles. The van der Waals surface area contributed by atoms with Crippen LogP contribution in [-0.4, -0.2) is 22.6 Å². The standard InChI is InChI=1S/C11H18FN3/c1-2-15-8-7-14-11(15)10(12)9-3-5-13-6-4-9/h7-10,13H,2-6H2,1H3. The van der Waals surface area contributed by atoms with Gasteiger partial charge < -0.3 is 9.88 Å². The summed E-state index contributed by atoms with van der Waals surface area (Å²) >= 11 is 0. The zero-order valence-electron chi connectivity index (χ0n) is 9.12. The van der Waals surface area contributed by atoms with E-state index >= 15 is 0 Å². The summed E-state index contributed by atoms with van der Waals surface area (Å²) in [6.07, 6.45) is 4.47. The number of alkyl halides is 1. The maximum atomic E-state index is 14.2. The molecule has 1 N–H and O–H groups in total. The van der Waals surface area contributed by atoms with Crippen molar-refractivity contribution in [3.8, 4) is 0 Å². The van der Waals surface area contributed by atoms with E-state index in [2.05, 4.69) is 10.3 Å². The number of nitrogens with zero attached hydrogens (tertiary/aromatic N) is 2. The van der Waals surface area contributed by atoms with Gasteiger partial charge >= 0.3 is 0 Å². The summed E-state index contributed by atoms with van der Waals surface area (Å²) in [5.74, 6) is 0.739. The highest BCUT2D eigenvalue weighted by molar-refractivity contribution is 4.99. The molecule has 0 aromatic carbocycles. The Morgan fingerprint density at radius 1 is 1.60 bits per heavy atom. The molecule has 15 heavy (non-hydrogen) atoms. The summed E-state index contributed by atoms with van der Waals surface area (Å²) in [6, 6.07) is 0. The lowest BCUT2D eigenvalue weighted by Crippen LogP contribution is -2.30. The van der Waals surface area contributed by atoms with Crippen molar-refractivity contribution in [1.29, 1.82) is 0 Å². The monoisotopic (exact) mass is 211 g/mol. The van der Waals surface area contributed by atoms with Crippen LogP contribution in [0.5, 0.6) is 0 Å². The van der Waals surface area contributed by atoms with E-state index in [1.165, 1.54) is 0 Å². The number of aryl methyl sites for hydroxylation is 1. The van der Waals surface area contributed by atoms with Crippen LogP contribution in [0.4, 0.5) is 4.39 Å². The topological polar surface area (TPSA) is 29.9 Å². The molecule has 1 aliphatic rings. The molecule has 84 valence electrons. The zero-order chi connectivity index (χ0) is 10.7. The summed E-state index contributed by atoms with van der Waals surface area (Å²) in [5, 5.41) is 3.25. The lowest BCUT2D eigenvalue weighted by atomic mass is 9.92. The Morgan fingerprint density at radius 2 is 2.33 bits per heavy atom. The first kappa shape index (κ1) is 10.6. The number of hydrogen-bond acceptors (Lipinski definition) is 2. The summed E-state index contributed by atoms with van der Waals surface area (Å²) in [6.45, 7) is 4.66. The first-order valence-corrected chi connectivity index (χ1v) is 5.68. The van der Waals surface area contributed by atoms with E-state index in [0.717, 1.165) is 32.5 Å². The fourth-order valence-electron chi connectivity index (χ4n) is 2.19. The van der Waals surface area contributed by atoms with Gasteiger partial charge in [0.1, 0.15) is 5.82 Å². The normalized spacial score (nSPS) is 20.4. The van der Waals surface area contributed by atoms with E-state index in [0.29, 0.717) is 5.82 Å². The summed E-state index contributed by atoms with van der Waals surface area (Å²) in [7, 11) is 0. The number of rotatable bonds is 3. The van der Waals surface area contributed by atoms with E-state index in [1.807, 2.05) is 17.7 Å². The number of nitrogens with one attached hydrogen (secondary N) is 1. The van der Waals surface area contributed by atoms with Gasteiger partial charge in [0.05, 0.1) is 0 Å². The molecule has 1 aromatic rings. The van der Waals surface area contributed by atoms with Gasteiger partial charge in [0, 0.05) is 18.9 Å².